The maximum absolute atomic E-state index is 13.4. The Bertz CT molecular complexity index is 391. The Morgan fingerprint density at radius 1 is 1.10 bits per heavy atom. The number of halogens is 1. The van der Waals surface area contributed by atoms with Gasteiger partial charge in [0.2, 0.25) is 0 Å². The van der Waals surface area contributed by atoms with Crippen LogP contribution in [0.5, 0.6) is 0 Å². The lowest BCUT2D eigenvalue weighted by Crippen LogP contribution is -2.39. The highest BCUT2D eigenvalue weighted by Crippen LogP contribution is 2.29. The molecule has 21 heavy (non-hydrogen) atoms. The number of aliphatic hydroxyl groups is 1. The molecule has 0 amide bonds. The molecule has 0 aliphatic carbocycles. The molecule has 1 aromatic rings. The summed E-state index contributed by atoms with van der Waals surface area (Å²) in [5.74, 6) is -0.265. The zero-order chi connectivity index (χ0) is 15.6. The van der Waals surface area contributed by atoms with Gasteiger partial charge in [-0.15, -0.1) is 0 Å². The molecule has 3 N–H and O–H groups in total. The molecule has 1 aromatic carbocycles. The van der Waals surface area contributed by atoms with Crippen LogP contribution in [-0.2, 0) is 5.41 Å². The number of hydrogen-bond donors (Lipinski definition) is 2. The minimum absolute atomic E-state index is 0.0250. The Kier molecular flexibility index (Phi) is 8.55. The first-order valence-corrected chi connectivity index (χ1v) is 8.25. The molecule has 1 atom stereocenters. The molecule has 120 valence electrons. The van der Waals surface area contributed by atoms with Crippen LogP contribution in [0.25, 0.3) is 0 Å². The number of benzene rings is 1. The van der Waals surface area contributed by atoms with Crippen molar-refractivity contribution in [3.8, 4) is 0 Å². The Labute approximate surface area is 128 Å². The second kappa shape index (κ2) is 9.91. The number of hydrogen-bond acceptors (Lipinski definition) is 2. The summed E-state index contributed by atoms with van der Waals surface area (Å²) >= 11 is 0. The number of rotatable bonds is 11. The standard InChI is InChI=1S/C18H30FNO/c1-2-3-4-5-6-7-8-12-18(14-20,15-21)16-10-9-11-17(19)13-16/h9-11,13,21H,2-8,12,14-15,20H2,1H3. The summed E-state index contributed by atoms with van der Waals surface area (Å²) in [7, 11) is 0. The first kappa shape index (κ1) is 18.1. The lowest BCUT2D eigenvalue weighted by Gasteiger charge is -2.31. The van der Waals surface area contributed by atoms with Crippen LogP contribution < -0.4 is 5.73 Å². The van der Waals surface area contributed by atoms with E-state index in [-0.39, 0.29) is 12.4 Å². The van der Waals surface area contributed by atoms with Crippen molar-refractivity contribution in [1.29, 1.82) is 0 Å². The van der Waals surface area contributed by atoms with Crippen LogP contribution in [0.15, 0.2) is 24.3 Å². The predicted octanol–water partition coefficient (Wildman–Crippen LogP) is 4.16. The number of nitrogens with two attached hydrogens (primary N) is 1. The molecule has 0 bridgehead atoms. The van der Waals surface area contributed by atoms with E-state index in [0.717, 1.165) is 24.8 Å². The third-order valence-corrected chi connectivity index (χ3v) is 4.39. The van der Waals surface area contributed by atoms with Gasteiger partial charge in [0.05, 0.1) is 6.61 Å². The molecule has 3 heteroatoms. The van der Waals surface area contributed by atoms with Crippen LogP contribution in [0.2, 0.25) is 0 Å². The molecule has 0 aliphatic heterocycles. The summed E-state index contributed by atoms with van der Waals surface area (Å²) in [6.45, 7) is 2.54. The van der Waals surface area contributed by atoms with Crippen molar-refractivity contribution in [3.05, 3.63) is 35.6 Å². The summed E-state index contributed by atoms with van der Waals surface area (Å²) in [5, 5.41) is 9.79. The van der Waals surface area contributed by atoms with E-state index >= 15 is 0 Å². The predicted molar refractivity (Wildman–Crippen MR) is 86.8 cm³/mol. The van der Waals surface area contributed by atoms with Gasteiger partial charge in [0.15, 0.2) is 0 Å². The van der Waals surface area contributed by atoms with Crippen LogP contribution in [-0.4, -0.2) is 18.3 Å². The first-order valence-electron chi connectivity index (χ1n) is 8.25. The summed E-state index contributed by atoms with van der Waals surface area (Å²) in [4.78, 5) is 0. The van der Waals surface area contributed by atoms with E-state index in [1.165, 1.54) is 44.2 Å². The smallest absolute Gasteiger partial charge is 0.123 e. The average molecular weight is 295 g/mol. The molecular weight excluding hydrogens is 265 g/mol. The maximum atomic E-state index is 13.4. The topological polar surface area (TPSA) is 46.2 Å². The minimum Gasteiger partial charge on any atom is -0.395 e. The molecule has 1 rings (SSSR count). The van der Waals surface area contributed by atoms with Gasteiger partial charge in [0.25, 0.3) is 0 Å². The van der Waals surface area contributed by atoms with Gasteiger partial charge < -0.3 is 10.8 Å². The largest absolute Gasteiger partial charge is 0.395 e. The van der Waals surface area contributed by atoms with E-state index in [4.69, 9.17) is 5.73 Å². The van der Waals surface area contributed by atoms with Gasteiger partial charge >= 0.3 is 0 Å². The van der Waals surface area contributed by atoms with Gasteiger partial charge in [-0.1, -0.05) is 64.0 Å². The summed E-state index contributed by atoms with van der Waals surface area (Å²) in [6, 6.07) is 6.49. The van der Waals surface area contributed by atoms with Crippen molar-refractivity contribution in [2.45, 2.75) is 63.7 Å². The molecule has 0 heterocycles. The van der Waals surface area contributed by atoms with Crippen LogP contribution in [0, 0.1) is 5.82 Å². The van der Waals surface area contributed by atoms with E-state index in [1.807, 2.05) is 6.07 Å². The molecular formula is C18H30FNO. The van der Waals surface area contributed by atoms with E-state index in [2.05, 4.69) is 6.92 Å². The first-order chi connectivity index (χ1) is 10.2. The third-order valence-electron chi connectivity index (χ3n) is 4.39. The van der Waals surface area contributed by atoms with Crippen molar-refractivity contribution in [2.24, 2.45) is 5.73 Å². The quantitative estimate of drug-likeness (QED) is 0.602. The highest BCUT2D eigenvalue weighted by Gasteiger charge is 2.29. The van der Waals surface area contributed by atoms with Crippen LogP contribution in [0.1, 0.15) is 63.9 Å². The summed E-state index contributed by atoms with van der Waals surface area (Å²) in [6.07, 6.45) is 9.39. The van der Waals surface area contributed by atoms with Crippen LogP contribution in [0.4, 0.5) is 4.39 Å². The number of aliphatic hydroxyl groups excluding tert-OH is 1. The molecule has 0 aliphatic rings. The van der Waals surface area contributed by atoms with Crippen molar-refractivity contribution in [3.63, 3.8) is 0 Å². The molecule has 0 fully saturated rings. The fourth-order valence-electron chi connectivity index (χ4n) is 2.84. The molecule has 0 saturated carbocycles. The van der Waals surface area contributed by atoms with Crippen molar-refractivity contribution in [2.75, 3.05) is 13.2 Å². The van der Waals surface area contributed by atoms with Gasteiger partial charge in [-0.25, -0.2) is 4.39 Å². The highest BCUT2D eigenvalue weighted by molar-refractivity contribution is 5.27. The average Bonchev–Trinajstić information content (AvgIpc) is 2.51. The molecule has 0 aromatic heterocycles. The molecule has 0 saturated heterocycles. The molecule has 0 spiro atoms. The third kappa shape index (κ3) is 5.76. The van der Waals surface area contributed by atoms with Crippen molar-refractivity contribution >= 4 is 0 Å². The van der Waals surface area contributed by atoms with E-state index < -0.39 is 5.41 Å². The molecule has 1 unspecified atom stereocenters. The Balaban J connectivity index is 2.49. The molecule has 0 radical (unpaired) electrons. The second-order valence-electron chi connectivity index (χ2n) is 6.02. The minimum atomic E-state index is -0.495. The zero-order valence-corrected chi connectivity index (χ0v) is 13.3. The van der Waals surface area contributed by atoms with Crippen molar-refractivity contribution in [1.82, 2.24) is 0 Å². The maximum Gasteiger partial charge on any atom is 0.123 e. The lowest BCUT2D eigenvalue weighted by molar-refractivity contribution is 0.184. The Morgan fingerprint density at radius 3 is 2.33 bits per heavy atom. The zero-order valence-electron chi connectivity index (χ0n) is 13.3. The SMILES string of the molecule is CCCCCCCCCC(CN)(CO)c1cccc(F)c1. The van der Waals surface area contributed by atoms with Gasteiger partial charge in [0.1, 0.15) is 5.82 Å². The fourth-order valence-corrected chi connectivity index (χ4v) is 2.84. The lowest BCUT2D eigenvalue weighted by atomic mass is 9.77. The van der Waals surface area contributed by atoms with E-state index in [0.29, 0.717) is 6.54 Å². The monoisotopic (exact) mass is 295 g/mol. The summed E-state index contributed by atoms with van der Waals surface area (Å²) in [5.41, 5.74) is 6.22. The normalized spacial score (nSPS) is 14.1. The fraction of sp³-hybridized carbons (Fsp3) is 0.667. The van der Waals surface area contributed by atoms with Gasteiger partial charge in [0, 0.05) is 12.0 Å². The highest BCUT2D eigenvalue weighted by atomic mass is 19.1. The number of unbranched alkanes of at least 4 members (excludes halogenated alkanes) is 6. The molecule has 2 nitrogen and oxygen atoms in total. The second-order valence-corrected chi connectivity index (χ2v) is 6.02. The van der Waals surface area contributed by atoms with Gasteiger partial charge in [-0.3, -0.25) is 0 Å². The van der Waals surface area contributed by atoms with E-state index in [1.54, 1.807) is 6.07 Å². The van der Waals surface area contributed by atoms with Crippen LogP contribution >= 0.6 is 0 Å². The van der Waals surface area contributed by atoms with Gasteiger partial charge in [-0.2, -0.15) is 0 Å². The van der Waals surface area contributed by atoms with Gasteiger partial charge in [-0.05, 0) is 24.1 Å². The Morgan fingerprint density at radius 2 is 1.76 bits per heavy atom. The van der Waals surface area contributed by atoms with E-state index in [9.17, 15) is 9.50 Å². The van der Waals surface area contributed by atoms with Crippen molar-refractivity contribution < 1.29 is 9.50 Å². The van der Waals surface area contributed by atoms with Crippen LogP contribution in [0.3, 0.4) is 0 Å². The Hall–Kier alpha value is -0.930. The summed E-state index contributed by atoms with van der Waals surface area (Å²) < 4.78 is 13.4.